The number of hydrogen-bond donors (Lipinski definition) is 1. The van der Waals surface area contributed by atoms with Crippen LogP contribution in [0, 0.1) is 0 Å². The van der Waals surface area contributed by atoms with E-state index in [4.69, 9.17) is 9.47 Å². The summed E-state index contributed by atoms with van der Waals surface area (Å²) in [6.07, 6.45) is 3.35. The Morgan fingerprint density at radius 3 is 2.72 bits per heavy atom. The number of ketones is 1. The van der Waals surface area contributed by atoms with Crippen molar-refractivity contribution in [3.63, 3.8) is 0 Å². The first kappa shape index (κ1) is 14.5. The predicted molar refractivity (Wildman–Crippen MR) is 67.1 cm³/mol. The second-order valence-corrected chi connectivity index (χ2v) is 5.16. The lowest BCUT2D eigenvalue weighted by Gasteiger charge is -2.19. The van der Waals surface area contributed by atoms with Gasteiger partial charge in [0.2, 0.25) is 0 Å². The van der Waals surface area contributed by atoms with E-state index in [1.165, 1.54) is 0 Å². The molecule has 0 saturated carbocycles. The number of carbonyl (C=O) groups is 2. The second-order valence-electron chi connectivity index (χ2n) is 5.16. The van der Waals surface area contributed by atoms with Gasteiger partial charge in [-0.2, -0.15) is 0 Å². The fourth-order valence-electron chi connectivity index (χ4n) is 1.47. The van der Waals surface area contributed by atoms with Crippen molar-refractivity contribution in [2.45, 2.75) is 45.6 Å². The lowest BCUT2D eigenvalue weighted by atomic mass is 10.1. The molecule has 0 saturated heterocycles. The van der Waals surface area contributed by atoms with E-state index >= 15 is 0 Å². The summed E-state index contributed by atoms with van der Waals surface area (Å²) in [7, 11) is 0. The molecule has 1 heterocycles. The molecule has 0 radical (unpaired) electrons. The van der Waals surface area contributed by atoms with Gasteiger partial charge in [0.25, 0.3) is 0 Å². The minimum atomic E-state index is -0.525. The van der Waals surface area contributed by atoms with E-state index in [0.29, 0.717) is 12.4 Å². The van der Waals surface area contributed by atoms with Gasteiger partial charge in [-0.1, -0.05) is 0 Å². The minimum Gasteiger partial charge on any atom is -0.490 e. The highest BCUT2D eigenvalue weighted by atomic mass is 16.6. The number of Topliss-reactive ketones (excluding diaryl/α,β-unsaturated/α-hetero) is 1. The summed E-state index contributed by atoms with van der Waals surface area (Å²) < 4.78 is 10.3. The van der Waals surface area contributed by atoms with E-state index in [0.717, 1.165) is 12.8 Å². The molecule has 0 fully saturated rings. The molecule has 1 aliphatic rings. The molecule has 0 unspecified atom stereocenters. The van der Waals surface area contributed by atoms with Crippen molar-refractivity contribution in [3.8, 4) is 0 Å². The molecule has 102 valence electrons. The van der Waals surface area contributed by atoms with E-state index in [2.05, 4.69) is 5.32 Å². The van der Waals surface area contributed by atoms with E-state index in [1.807, 2.05) is 0 Å². The zero-order chi connectivity index (χ0) is 13.6. The summed E-state index contributed by atoms with van der Waals surface area (Å²) >= 11 is 0. The number of ether oxygens (including phenoxy) is 2. The first-order valence-electron chi connectivity index (χ1n) is 6.21. The van der Waals surface area contributed by atoms with Crippen LogP contribution in [0.4, 0.5) is 4.79 Å². The standard InChI is InChI=1S/C13H21NO4/c1-13(2,3)18-12(16)14-8-7-10(15)11-6-4-5-9-17-11/h6H,4-5,7-9H2,1-3H3,(H,14,16). The smallest absolute Gasteiger partial charge is 0.407 e. The van der Waals surface area contributed by atoms with Crippen LogP contribution in [0.25, 0.3) is 0 Å². The second kappa shape index (κ2) is 6.42. The molecule has 0 spiro atoms. The zero-order valence-corrected chi connectivity index (χ0v) is 11.2. The van der Waals surface area contributed by atoms with Crippen molar-refractivity contribution in [1.82, 2.24) is 5.32 Å². The van der Waals surface area contributed by atoms with Crippen LogP contribution >= 0.6 is 0 Å². The van der Waals surface area contributed by atoms with Gasteiger partial charge in [-0.15, -0.1) is 0 Å². The van der Waals surface area contributed by atoms with Gasteiger partial charge in [-0.3, -0.25) is 4.79 Å². The maximum absolute atomic E-state index is 11.7. The van der Waals surface area contributed by atoms with E-state index in [-0.39, 0.29) is 18.7 Å². The van der Waals surface area contributed by atoms with Crippen LogP contribution in [-0.4, -0.2) is 30.6 Å². The molecule has 0 aromatic carbocycles. The van der Waals surface area contributed by atoms with Gasteiger partial charge in [0.1, 0.15) is 5.60 Å². The number of allylic oxidation sites excluding steroid dienone is 2. The molecular formula is C13H21NO4. The molecule has 0 bridgehead atoms. The van der Waals surface area contributed by atoms with Crippen molar-refractivity contribution in [2.24, 2.45) is 0 Å². The Morgan fingerprint density at radius 1 is 1.44 bits per heavy atom. The van der Waals surface area contributed by atoms with E-state index < -0.39 is 11.7 Å². The monoisotopic (exact) mass is 255 g/mol. The van der Waals surface area contributed by atoms with Gasteiger partial charge in [-0.05, 0) is 39.7 Å². The van der Waals surface area contributed by atoms with Gasteiger partial charge < -0.3 is 14.8 Å². The molecule has 0 atom stereocenters. The lowest BCUT2D eigenvalue weighted by molar-refractivity contribution is -0.119. The molecule has 18 heavy (non-hydrogen) atoms. The molecule has 0 aromatic rings. The van der Waals surface area contributed by atoms with Crippen LogP contribution in [0.15, 0.2) is 11.8 Å². The van der Waals surface area contributed by atoms with Crippen molar-refractivity contribution in [3.05, 3.63) is 11.8 Å². The lowest BCUT2D eigenvalue weighted by Crippen LogP contribution is -2.33. The van der Waals surface area contributed by atoms with Gasteiger partial charge >= 0.3 is 6.09 Å². The van der Waals surface area contributed by atoms with Crippen LogP contribution in [-0.2, 0) is 14.3 Å². The molecule has 0 aromatic heterocycles. The summed E-state index contributed by atoms with van der Waals surface area (Å²) in [4.78, 5) is 23.0. The number of amides is 1. The van der Waals surface area contributed by atoms with Crippen molar-refractivity contribution in [1.29, 1.82) is 0 Å². The Morgan fingerprint density at radius 2 is 2.17 bits per heavy atom. The summed E-state index contributed by atoms with van der Waals surface area (Å²) in [6, 6.07) is 0. The summed E-state index contributed by atoms with van der Waals surface area (Å²) in [5, 5.41) is 2.54. The third kappa shape index (κ3) is 5.70. The Kier molecular flexibility index (Phi) is 5.19. The Labute approximate surface area is 108 Å². The molecule has 1 N–H and O–H groups in total. The molecule has 0 aliphatic carbocycles. The van der Waals surface area contributed by atoms with Crippen molar-refractivity contribution < 1.29 is 19.1 Å². The van der Waals surface area contributed by atoms with Crippen LogP contribution in [0.2, 0.25) is 0 Å². The van der Waals surface area contributed by atoms with Gasteiger partial charge in [0.15, 0.2) is 11.5 Å². The largest absolute Gasteiger partial charge is 0.490 e. The predicted octanol–water partition coefficient (Wildman–Crippen LogP) is 2.16. The normalized spacial score (nSPS) is 15.4. The Balaban J connectivity index is 2.23. The van der Waals surface area contributed by atoms with Crippen molar-refractivity contribution >= 4 is 11.9 Å². The van der Waals surface area contributed by atoms with Gasteiger partial charge in [-0.25, -0.2) is 4.79 Å². The third-order valence-electron chi connectivity index (χ3n) is 2.23. The van der Waals surface area contributed by atoms with E-state index in [9.17, 15) is 9.59 Å². The molecule has 1 rings (SSSR count). The number of rotatable bonds is 4. The molecule has 5 heteroatoms. The SMILES string of the molecule is CC(C)(C)OC(=O)NCCC(=O)C1=CCCCO1. The van der Waals surface area contributed by atoms with Crippen LogP contribution in [0.1, 0.15) is 40.0 Å². The molecule has 1 aliphatic heterocycles. The first-order valence-corrected chi connectivity index (χ1v) is 6.21. The highest BCUT2D eigenvalue weighted by Crippen LogP contribution is 2.12. The molecular weight excluding hydrogens is 234 g/mol. The average molecular weight is 255 g/mol. The summed E-state index contributed by atoms with van der Waals surface area (Å²) in [5.41, 5.74) is -0.525. The number of nitrogens with one attached hydrogen (secondary N) is 1. The Bertz CT molecular complexity index is 341. The van der Waals surface area contributed by atoms with E-state index in [1.54, 1.807) is 26.8 Å². The van der Waals surface area contributed by atoms with Gasteiger partial charge in [0.05, 0.1) is 6.61 Å². The average Bonchev–Trinajstić information content (AvgIpc) is 2.27. The van der Waals surface area contributed by atoms with Crippen molar-refractivity contribution in [2.75, 3.05) is 13.2 Å². The highest BCUT2D eigenvalue weighted by molar-refractivity contribution is 5.93. The maximum atomic E-state index is 11.7. The number of hydrogen-bond acceptors (Lipinski definition) is 4. The summed E-state index contributed by atoms with van der Waals surface area (Å²) in [6.45, 7) is 6.22. The fraction of sp³-hybridized carbons (Fsp3) is 0.692. The summed E-state index contributed by atoms with van der Waals surface area (Å²) in [5.74, 6) is 0.345. The molecule has 5 nitrogen and oxygen atoms in total. The number of alkyl carbamates (subject to hydrolysis) is 1. The highest BCUT2D eigenvalue weighted by Gasteiger charge is 2.17. The van der Waals surface area contributed by atoms with Crippen LogP contribution in [0.3, 0.4) is 0 Å². The molecule has 1 amide bonds. The quantitative estimate of drug-likeness (QED) is 0.836. The van der Waals surface area contributed by atoms with Gasteiger partial charge in [0, 0.05) is 13.0 Å². The number of carbonyl (C=O) groups excluding carboxylic acids is 2. The first-order chi connectivity index (χ1) is 8.38. The van der Waals surface area contributed by atoms with Crippen LogP contribution in [0.5, 0.6) is 0 Å². The third-order valence-corrected chi connectivity index (χ3v) is 2.23. The Hall–Kier alpha value is -1.52. The minimum absolute atomic E-state index is 0.0780. The zero-order valence-electron chi connectivity index (χ0n) is 11.2. The maximum Gasteiger partial charge on any atom is 0.407 e. The van der Waals surface area contributed by atoms with Crippen LogP contribution < -0.4 is 5.32 Å². The fourth-order valence-corrected chi connectivity index (χ4v) is 1.47. The topological polar surface area (TPSA) is 64.6 Å².